The van der Waals surface area contributed by atoms with E-state index >= 15 is 0 Å². The van der Waals surface area contributed by atoms with Gasteiger partial charge in [-0.05, 0) is 30.3 Å². The maximum Gasteiger partial charge on any atom is 0.269 e. The topological polar surface area (TPSA) is 99.0 Å². The average molecular weight is 425 g/mol. The summed E-state index contributed by atoms with van der Waals surface area (Å²) >= 11 is 0. The molecule has 0 saturated heterocycles. The number of carbonyl (C=O) groups is 2. The number of ketones is 1. The van der Waals surface area contributed by atoms with Crippen LogP contribution < -0.4 is 10.1 Å². The fraction of sp³-hybridized carbons (Fsp3) is 0.125. The number of methoxy groups -OCH3 is 1. The highest BCUT2D eigenvalue weighted by atomic mass is 16.5. The molecule has 32 heavy (non-hydrogen) atoms. The Balaban J connectivity index is 1.47. The lowest BCUT2D eigenvalue weighted by atomic mass is 10.0. The smallest absolute Gasteiger partial charge is 0.269 e. The second-order valence-corrected chi connectivity index (χ2v) is 7.30. The van der Waals surface area contributed by atoms with E-state index < -0.39 is 0 Å². The van der Waals surface area contributed by atoms with Gasteiger partial charge in [-0.15, -0.1) is 0 Å². The molecule has 4 aromatic rings. The molecule has 1 amide bonds. The fourth-order valence-electron chi connectivity index (χ4n) is 3.63. The Morgan fingerprint density at radius 2 is 1.84 bits per heavy atom. The number of amides is 1. The highest BCUT2D eigenvalue weighted by Gasteiger charge is 2.20. The number of rotatable bonds is 5. The lowest BCUT2D eigenvalue weighted by molar-refractivity contribution is 0.0924. The minimum atomic E-state index is -0.145. The first kappa shape index (κ1) is 19.6. The Bertz CT molecular complexity index is 1340. The molecule has 5 rings (SSSR count). The van der Waals surface area contributed by atoms with Crippen molar-refractivity contribution in [3.05, 3.63) is 83.7 Å². The summed E-state index contributed by atoms with van der Waals surface area (Å²) in [5.74, 6) is 0.834. The summed E-state index contributed by atoms with van der Waals surface area (Å²) < 4.78 is 6.91. The van der Waals surface area contributed by atoms with Crippen LogP contribution in [0.25, 0.3) is 22.8 Å². The summed E-state index contributed by atoms with van der Waals surface area (Å²) in [5, 5.41) is 7.31. The third-order valence-corrected chi connectivity index (χ3v) is 5.25. The summed E-state index contributed by atoms with van der Waals surface area (Å²) in [6.45, 7) is 1.17. The Morgan fingerprint density at radius 3 is 2.66 bits per heavy atom. The van der Waals surface area contributed by atoms with E-state index in [4.69, 9.17) is 4.74 Å². The second kappa shape index (κ2) is 8.07. The van der Waals surface area contributed by atoms with Crippen molar-refractivity contribution in [3.63, 3.8) is 0 Å². The summed E-state index contributed by atoms with van der Waals surface area (Å²) in [7, 11) is 1.57. The highest BCUT2D eigenvalue weighted by Crippen LogP contribution is 2.24. The average Bonchev–Trinajstić information content (AvgIpc) is 3.30. The Labute approximate surface area is 183 Å². The Hall–Kier alpha value is -4.33. The molecule has 2 aromatic heterocycles. The molecular weight excluding hydrogens is 406 g/mol. The molecule has 0 spiro atoms. The van der Waals surface area contributed by atoms with Gasteiger partial charge in [-0.25, -0.2) is 9.97 Å². The van der Waals surface area contributed by atoms with Crippen molar-refractivity contribution in [3.8, 4) is 28.5 Å². The van der Waals surface area contributed by atoms with Crippen molar-refractivity contribution in [2.45, 2.75) is 6.54 Å². The van der Waals surface area contributed by atoms with Crippen LogP contribution >= 0.6 is 0 Å². The maximum absolute atomic E-state index is 13.0. The molecule has 3 heterocycles. The molecule has 8 nitrogen and oxygen atoms in total. The van der Waals surface area contributed by atoms with E-state index in [1.54, 1.807) is 72.6 Å². The van der Waals surface area contributed by atoms with Gasteiger partial charge in [0.1, 0.15) is 17.1 Å². The number of hydrogen-bond donors (Lipinski definition) is 1. The van der Waals surface area contributed by atoms with Gasteiger partial charge in [0.2, 0.25) is 0 Å². The zero-order chi connectivity index (χ0) is 22.1. The summed E-state index contributed by atoms with van der Waals surface area (Å²) in [4.78, 5) is 34.0. The number of fused-ring (bicyclic) bond motifs is 1. The molecule has 0 radical (unpaired) electrons. The third-order valence-electron chi connectivity index (χ3n) is 5.25. The van der Waals surface area contributed by atoms with Crippen molar-refractivity contribution < 1.29 is 14.3 Å². The monoisotopic (exact) mass is 425 g/mol. The molecule has 158 valence electrons. The van der Waals surface area contributed by atoms with Crippen LogP contribution in [-0.2, 0) is 6.54 Å². The summed E-state index contributed by atoms with van der Waals surface area (Å²) in [6, 6.07) is 17.7. The zero-order valence-electron chi connectivity index (χ0n) is 17.3. The molecule has 1 aliphatic rings. The molecule has 8 heteroatoms. The quantitative estimate of drug-likeness (QED) is 0.494. The second-order valence-electron chi connectivity index (χ2n) is 7.30. The molecule has 0 aliphatic carbocycles. The number of carbonyl (C=O) groups excluding carboxylic acids is 2. The molecule has 1 N–H and O–H groups in total. The zero-order valence-corrected chi connectivity index (χ0v) is 17.3. The minimum absolute atomic E-state index is 0.116. The molecule has 0 bridgehead atoms. The lowest BCUT2D eigenvalue weighted by Gasteiger charge is -2.13. The molecule has 0 saturated carbocycles. The van der Waals surface area contributed by atoms with Gasteiger partial charge in [0.15, 0.2) is 11.6 Å². The van der Waals surface area contributed by atoms with Gasteiger partial charge < -0.3 is 10.1 Å². The third kappa shape index (κ3) is 3.62. The van der Waals surface area contributed by atoms with Crippen LogP contribution in [0, 0.1) is 0 Å². The normalized spacial score (nSPS) is 12.7. The SMILES string of the molecule is COc1cccc(C(=O)c2cccc(-c3nccc(-c4cc5n(n4)CCNC5=O)n3)c2)c1. The number of hydrogen-bond acceptors (Lipinski definition) is 6. The van der Waals surface area contributed by atoms with Gasteiger partial charge in [-0.1, -0.05) is 30.3 Å². The first-order valence-corrected chi connectivity index (χ1v) is 10.1. The Morgan fingerprint density at radius 1 is 1.03 bits per heavy atom. The maximum atomic E-state index is 13.0. The van der Waals surface area contributed by atoms with E-state index in [0.29, 0.717) is 58.4 Å². The van der Waals surface area contributed by atoms with Crippen LogP contribution in [0.3, 0.4) is 0 Å². The van der Waals surface area contributed by atoms with Gasteiger partial charge >= 0.3 is 0 Å². The van der Waals surface area contributed by atoms with Crippen molar-refractivity contribution in [1.82, 2.24) is 25.1 Å². The van der Waals surface area contributed by atoms with E-state index in [1.807, 2.05) is 6.07 Å². The van der Waals surface area contributed by atoms with E-state index in [9.17, 15) is 9.59 Å². The van der Waals surface area contributed by atoms with Crippen LogP contribution in [0.5, 0.6) is 5.75 Å². The number of aromatic nitrogens is 4. The number of nitrogens with one attached hydrogen (secondary N) is 1. The molecule has 0 fully saturated rings. The molecule has 0 unspecified atom stereocenters. The molecular formula is C24H19N5O3. The fourth-order valence-corrected chi connectivity index (χ4v) is 3.63. The Kier molecular flexibility index (Phi) is 4.95. The standard InChI is InChI=1S/C24H19N5O3/c1-32-18-7-3-5-16(13-18)22(30)15-4-2-6-17(12-15)23-25-9-8-19(27-23)20-14-21-24(31)26-10-11-29(21)28-20/h2-9,12-14H,10-11H2,1H3,(H,26,31). The van der Waals surface area contributed by atoms with E-state index in [1.165, 1.54) is 0 Å². The van der Waals surface area contributed by atoms with Gasteiger partial charge in [-0.2, -0.15) is 5.10 Å². The number of nitrogens with zero attached hydrogens (tertiary/aromatic N) is 4. The first-order chi connectivity index (χ1) is 15.6. The van der Waals surface area contributed by atoms with Crippen LogP contribution in [0.2, 0.25) is 0 Å². The van der Waals surface area contributed by atoms with E-state index in [0.717, 1.165) is 0 Å². The van der Waals surface area contributed by atoms with Crippen molar-refractivity contribution >= 4 is 11.7 Å². The summed E-state index contributed by atoms with van der Waals surface area (Å²) in [6.07, 6.45) is 1.65. The van der Waals surface area contributed by atoms with Gasteiger partial charge in [0, 0.05) is 29.4 Å². The largest absolute Gasteiger partial charge is 0.497 e. The van der Waals surface area contributed by atoms with Crippen molar-refractivity contribution in [2.75, 3.05) is 13.7 Å². The van der Waals surface area contributed by atoms with E-state index in [2.05, 4.69) is 20.4 Å². The number of ether oxygens (including phenoxy) is 1. The van der Waals surface area contributed by atoms with Crippen molar-refractivity contribution in [1.29, 1.82) is 0 Å². The summed E-state index contributed by atoms with van der Waals surface area (Å²) in [5.41, 5.74) is 3.50. The first-order valence-electron chi connectivity index (χ1n) is 10.1. The van der Waals surface area contributed by atoms with Crippen molar-refractivity contribution in [2.24, 2.45) is 0 Å². The molecule has 2 aromatic carbocycles. The van der Waals surface area contributed by atoms with Gasteiger partial charge in [0.25, 0.3) is 5.91 Å². The molecule has 0 atom stereocenters. The van der Waals surface area contributed by atoms with Gasteiger partial charge in [-0.3, -0.25) is 14.3 Å². The van der Waals surface area contributed by atoms with Crippen LogP contribution in [0.15, 0.2) is 66.9 Å². The van der Waals surface area contributed by atoms with E-state index in [-0.39, 0.29) is 11.7 Å². The van der Waals surface area contributed by atoms with Gasteiger partial charge in [0.05, 0.1) is 19.3 Å². The lowest BCUT2D eigenvalue weighted by Crippen LogP contribution is -2.35. The predicted molar refractivity (Wildman–Crippen MR) is 117 cm³/mol. The number of benzene rings is 2. The highest BCUT2D eigenvalue weighted by molar-refractivity contribution is 6.09. The predicted octanol–water partition coefficient (Wildman–Crippen LogP) is 2.99. The van der Waals surface area contributed by atoms with Crippen LogP contribution in [0.1, 0.15) is 26.4 Å². The minimum Gasteiger partial charge on any atom is -0.497 e. The van der Waals surface area contributed by atoms with Crippen LogP contribution in [-0.4, -0.2) is 45.1 Å². The van der Waals surface area contributed by atoms with Crippen LogP contribution in [0.4, 0.5) is 0 Å². The molecule has 1 aliphatic heterocycles.